The molecular formula is C22H30N4O5S. The lowest BCUT2D eigenvalue weighted by atomic mass is 9.98. The second-order valence-electron chi connectivity index (χ2n) is 8.19. The number of benzene rings is 1. The first kappa shape index (κ1) is 23.8. The molecule has 2 atom stereocenters. The summed E-state index contributed by atoms with van der Waals surface area (Å²) in [7, 11) is -3.41. The van der Waals surface area contributed by atoms with Crippen molar-refractivity contribution in [1.29, 1.82) is 0 Å². The predicted molar refractivity (Wildman–Crippen MR) is 120 cm³/mol. The van der Waals surface area contributed by atoms with Gasteiger partial charge < -0.3 is 15.7 Å². The van der Waals surface area contributed by atoms with Gasteiger partial charge in [0, 0.05) is 24.2 Å². The van der Waals surface area contributed by atoms with E-state index in [1.807, 2.05) is 6.07 Å². The molecule has 2 aromatic rings. The van der Waals surface area contributed by atoms with Gasteiger partial charge in [-0.15, -0.1) is 0 Å². The van der Waals surface area contributed by atoms with Crippen LogP contribution < -0.4 is 10.6 Å². The van der Waals surface area contributed by atoms with Gasteiger partial charge in [-0.05, 0) is 49.7 Å². The molecule has 0 bridgehead atoms. The molecule has 9 nitrogen and oxygen atoms in total. The van der Waals surface area contributed by atoms with Gasteiger partial charge in [0.2, 0.25) is 5.91 Å². The molecule has 3 rings (SSSR count). The van der Waals surface area contributed by atoms with Gasteiger partial charge in [-0.25, -0.2) is 13.2 Å². The first-order chi connectivity index (χ1) is 15.3. The monoisotopic (exact) mass is 462 g/mol. The minimum Gasteiger partial charge on any atom is -0.465 e. The van der Waals surface area contributed by atoms with Crippen molar-refractivity contribution >= 4 is 27.7 Å². The Labute approximate surface area is 187 Å². The molecule has 1 saturated carbocycles. The van der Waals surface area contributed by atoms with Gasteiger partial charge in [0.15, 0.2) is 15.7 Å². The van der Waals surface area contributed by atoms with Crippen LogP contribution >= 0.6 is 0 Å². The number of aromatic nitrogens is 2. The van der Waals surface area contributed by atoms with Crippen molar-refractivity contribution in [1.82, 2.24) is 15.5 Å². The zero-order valence-corrected chi connectivity index (χ0v) is 19.0. The number of hydrogen-bond donors (Lipinski definition) is 4. The van der Waals surface area contributed by atoms with Gasteiger partial charge in [-0.1, -0.05) is 25.1 Å². The average molecular weight is 463 g/mol. The smallest absolute Gasteiger partial charge is 0.404 e. The van der Waals surface area contributed by atoms with Crippen LogP contribution in [-0.2, 0) is 21.1 Å². The van der Waals surface area contributed by atoms with Crippen LogP contribution in [0.4, 0.5) is 10.6 Å². The van der Waals surface area contributed by atoms with Crippen LogP contribution in [0.5, 0.6) is 0 Å². The summed E-state index contributed by atoms with van der Waals surface area (Å²) < 4.78 is 24.5. The van der Waals surface area contributed by atoms with Crippen molar-refractivity contribution in [3.8, 4) is 0 Å². The molecule has 0 aliphatic heterocycles. The zero-order chi connectivity index (χ0) is 23.1. The third-order valence-electron chi connectivity index (χ3n) is 5.95. The minimum absolute atomic E-state index is 0.0210. The Kier molecular flexibility index (Phi) is 7.89. The van der Waals surface area contributed by atoms with E-state index in [4.69, 9.17) is 5.11 Å². The molecule has 1 heterocycles. The molecule has 4 N–H and O–H groups in total. The fourth-order valence-electron chi connectivity index (χ4n) is 4.28. The number of carbonyl (C=O) groups is 2. The number of carbonyl (C=O) groups excluding carboxylic acids is 1. The number of hydrogen-bond acceptors (Lipinski definition) is 5. The topological polar surface area (TPSA) is 141 Å². The van der Waals surface area contributed by atoms with Crippen LogP contribution in [-0.4, -0.2) is 48.0 Å². The Balaban J connectivity index is 1.53. The lowest BCUT2D eigenvalue weighted by Gasteiger charge is -2.10. The Morgan fingerprint density at radius 3 is 2.78 bits per heavy atom. The second kappa shape index (κ2) is 10.6. The Morgan fingerprint density at radius 1 is 1.25 bits per heavy atom. The summed E-state index contributed by atoms with van der Waals surface area (Å²) >= 11 is 0. The number of nitrogens with one attached hydrogen (secondary N) is 3. The van der Waals surface area contributed by atoms with E-state index in [0.29, 0.717) is 29.8 Å². The lowest BCUT2D eigenvalue weighted by molar-refractivity contribution is -0.115. The van der Waals surface area contributed by atoms with Crippen molar-refractivity contribution in [2.24, 2.45) is 5.92 Å². The molecule has 2 unspecified atom stereocenters. The minimum atomic E-state index is -3.41. The highest BCUT2D eigenvalue weighted by molar-refractivity contribution is 7.91. The number of sulfone groups is 1. The first-order valence-corrected chi connectivity index (χ1v) is 12.6. The molecule has 174 valence electrons. The molecule has 0 saturated heterocycles. The van der Waals surface area contributed by atoms with Crippen LogP contribution in [0.2, 0.25) is 0 Å². The Hall–Kier alpha value is -2.88. The molecule has 0 radical (unpaired) electrons. The zero-order valence-electron chi connectivity index (χ0n) is 18.1. The van der Waals surface area contributed by atoms with Crippen LogP contribution in [0.15, 0.2) is 35.2 Å². The maximum absolute atomic E-state index is 12.5. The number of H-pyrrole nitrogens is 1. The molecular weight excluding hydrogens is 432 g/mol. The van der Waals surface area contributed by atoms with E-state index >= 15 is 0 Å². The molecule has 1 aliphatic rings. The highest BCUT2D eigenvalue weighted by atomic mass is 32.2. The SMILES string of the molecule is CCS(=O)(=O)c1ccccc1CC(=O)Nc1cc(C2CCC(CCCNC(=O)O)C2)[nH]n1. The van der Waals surface area contributed by atoms with E-state index in [0.717, 1.165) is 37.8 Å². The van der Waals surface area contributed by atoms with Gasteiger partial charge in [0.1, 0.15) is 0 Å². The molecule has 1 aromatic heterocycles. The standard InChI is InChI=1S/C22H30N4O5S/c1-2-32(30,31)19-8-4-3-7-17(19)13-21(27)24-20-14-18(25-26-20)16-10-9-15(12-16)6-5-11-23-22(28)29/h3-4,7-8,14-16,23H,2,5-6,9-13H2,1H3,(H,28,29)(H2,24,25,26,27). The number of rotatable bonds is 10. The molecule has 1 aliphatic carbocycles. The van der Waals surface area contributed by atoms with Crippen molar-refractivity contribution in [2.75, 3.05) is 17.6 Å². The van der Waals surface area contributed by atoms with Gasteiger partial charge in [-0.2, -0.15) is 5.10 Å². The van der Waals surface area contributed by atoms with Crippen molar-refractivity contribution in [3.63, 3.8) is 0 Å². The summed E-state index contributed by atoms with van der Waals surface area (Å²) in [6.45, 7) is 2.05. The quantitative estimate of drug-likeness (QED) is 0.399. The molecule has 1 aromatic carbocycles. The number of amides is 2. The Morgan fingerprint density at radius 2 is 2.03 bits per heavy atom. The van der Waals surface area contributed by atoms with Gasteiger partial charge in [0.25, 0.3) is 0 Å². The fourth-order valence-corrected chi connectivity index (χ4v) is 5.42. The van der Waals surface area contributed by atoms with E-state index in [1.165, 1.54) is 6.07 Å². The number of carboxylic acid groups (broad SMARTS) is 1. The van der Waals surface area contributed by atoms with Crippen LogP contribution in [0.25, 0.3) is 0 Å². The van der Waals surface area contributed by atoms with Gasteiger partial charge >= 0.3 is 6.09 Å². The van der Waals surface area contributed by atoms with E-state index in [-0.39, 0.29) is 23.0 Å². The number of aromatic amines is 1. The number of nitrogens with zero attached hydrogens (tertiary/aromatic N) is 1. The van der Waals surface area contributed by atoms with Gasteiger partial charge in [0.05, 0.1) is 17.1 Å². The summed E-state index contributed by atoms with van der Waals surface area (Å²) in [5.41, 5.74) is 1.44. The first-order valence-electron chi connectivity index (χ1n) is 10.9. The highest BCUT2D eigenvalue weighted by Gasteiger charge is 2.27. The molecule has 10 heteroatoms. The summed E-state index contributed by atoms with van der Waals surface area (Å²) in [4.78, 5) is 23.2. The third-order valence-corrected chi connectivity index (χ3v) is 7.78. The third kappa shape index (κ3) is 6.32. The fraction of sp³-hybridized carbons (Fsp3) is 0.500. The van der Waals surface area contributed by atoms with Crippen molar-refractivity contribution in [3.05, 3.63) is 41.6 Å². The molecule has 1 fully saturated rings. The second-order valence-corrected chi connectivity index (χ2v) is 10.4. The van der Waals surface area contributed by atoms with E-state index in [9.17, 15) is 18.0 Å². The normalized spacial score (nSPS) is 18.4. The van der Waals surface area contributed by atoms with Crippen molar-refractivity contribution < 1.29 is 23.1 Å². The maximum atomic E-state index is 12.5. The number of anilines is 1. The molecule has 32 heavy (non-hydrogen) atoms. The van der Waals surface area contributed by atoms with E-state index < -0.39 is 15.9 Å². The van der Waals surface area contributed by atoms with Gasteiger partial charge in [-0.3, -0.25) is 9.89 Å². The molecule has 2 amide bonds. The summed E-state index contributed by atoms with van der Waals surface area (Å²) in [5.74, 6) is 0.967. The lowest BCUT2D eigenvalue weighted by Crippen LogP contribution is -2.22. The van der Waals surface area contributed by atoms with Crippen LogP contribution in [0.1, 0.15) is 56.2 Å². The molecule has 0 spiro atoms. The predicted octanol–water partition coefficient (Wildman–Crippen LogP) is 3.32. The average Bonchev–Trinajstić information content (AvgIpc) is 3.41. The maximum Gasteiger partial charge on any atom is 0.404 e. The van der Waals surface area contributed by atoms with Crippen molar-refractivity contribution in [2.45, 2.75) is 56.3 Å². The summed E-state index contributed by atoms with van der Waals surface area (Å²) in [5, 5.41) is 21.0. The van der Waals surface area contributed by atoms with Crippen LogP contribution in [0, 0.1) is 5.92 Å². The largest absolute Gasteiger partial charge is 0.465 e. The van der Waals surface area contributed by atoms with Crippen LogP contribution in [0.3, 0.4) is 0 Å². The summed E-state index contributed by atoms with van der Waals surface area (Å²) in [6.07, 6.45) is 3.88. The van der Waals surface area contributed by atoms with E-state index in [2.05, 4.69) is 20.8 Å². The van der Waals surface area contributed by atoms with E-state index in [1.54, 1.807) is 25.1 Å². The highest BCUT2D eigenvalue weighted by Crippen LogP contribution is 2.40. The Bertz CT molecular complexity index is 1050. The summed E-state index contributed by atoms with van der Waals surface area (Å²) in [6, 6.07) is 8.40.